The number of ether oxygens (including phenoxy) is 2. The molecule has 0 heterocycles. The van der Waals surface area contributed by atoms with Crippen molar-refractivity contribution in [2.75, 3.05) is 7.11 Å². The maximum Gasteiger partial charge on any atom is 0.343 e. The number of hydrogen-bond acceptors (Lipinski definition) is 6. The van der Waals surface area contributed by atoms with Gasteiger partial charge in [0.2, 0.25) is 0 Å². The highest BCUT2D eigenvalue weighted by molar-refractivity contribution is 7.89. The normalized spacial score (nSPS) is 11.3. The lowest BCUT2D eigenvalue weighted by molar-refractivity contribution is 0.0734. The Balaban J connectivity index is 1.59. The molecule has 0 aliphatic carbocycles. The fraction of sp³-hybridized carbons (Fsp3) is 0.0909. The van der Waals surface area contributed by atoms with Gasteiger partial charge in [-0.1, -0.05) is 17.7 Å². The van der Waals surface area contributed by atoms with E-state index in [0.29, 0.717) is 22.6 Å². The summed E-state index contributed by atoms with van der Waals surface area (Å²) in [7, 11) is -2.19. The molecule has 8 heteroatoms. The number of carbonyl (C=O) groups excluding carboxylic acids is 1. The Morgan fingerprint density at radius 1 is 0.900 bits per heavy atom. The summed E-state index contributed by atoms with van der Waals surface area (Å²) in [4.78, 5) is 14.5. The fourth-order valence-electron chi connectivity index (χ4n) is 2.46. The molecule has 0 radical (unpaired) electrons. The lowest BCUT2D eigenvalue weighted by atomic mass is 10.2. The van der Waals surface area contributed by atoms with Crippen LogP contribution in [-0.2, 0) is 10.0 Å². The number of aryl methyl sites for hydroxylation is 1. The molecule has 0 fully saturated rings. The summed E-state index contributed by atoms with van der Waals surface area (Å²) in [6.45, 7) is 1.87. The highest BCUT2D eigenvalue weighted by Gasteiger charge is 2.12. The van der Waals surface area contributed by atoms with Crippen LogP contribution in [-0.4, -0.2) is 27.7 Å². The third-order valence-electron chi connectivity index (χ3n) is 4.13. The van der Waals surface area contributed by atoms with Crippen LogP contribution < -0.4 is 14.3 Å². The molecule has 0 saturated heterocycles. The van der Waals surface area contributed by atoms with Gasteiger partial charge in [-0.2, -0.15) is 13.5 Å². The second-order valence-electron chi connectivity index (χ2n) is 6.35. The SMILES string of the molecule is COc1ccc(C(=O)Oc2ccc(/C=N/NS(=O)(=O)c3ccc(C)cc3)cc2)cc1. The maximum absolute atomic E-state index is 12.2. The van der Waals surface area contributed by atoms with Crippen LogP contribution in [0.1, 0.15) is 21.5 Å². The van der Waals surface area contributed by atoms with Crippen molar-refractivity contribution in [3.05, 3.63) is 89.5 Å². The lowest BCUT2D eigenvalue weighted by Gasteiger charge is -2.06. The molecule has 7 nitrogen and oxygen atoms in total. The van der Waals surface area contributed by atoms with Crippen LogP contribution in [0.15, 0.2) is 82.8 Å². The molecule has 3 aromatic carbocycles. The van der Waals surface area contributed by atoms with Crippen LogP contribution in [0, 0.1) is 6.92 Å². The minimum atomic E-state index is -3.73. The van der Waals surface area contributed by atoms with Gasteiger partial charge in [0.15, 0.2) is 0 Å². The zero-order chi connectivity index (χ0) is 21.6. The Kier molecular flexibility index (Phi) is 6.48. The monoisotopic (exact) mass is 424 g/mol. The number of sulfonamides is 1. The van der Waals surface area contributed by atoms with Crippen LogP contribution in [0.4, 0.5) is 0 Å². The predicted molar refractivity (Wildman–Crippen MR) is 113 cm³/mol. The van der Waals surface area contributed by atoms with Gasteiger partial charge in [-0.15, -0.1) is 0 Å². The van der Waals surface area contributed by atoms with E-state index in [9.17, 15) is 13.2 Å². The second-order valence-corrected chi connectivity index (χ2v) is 8.01. The minimum absolute atomic E-state index is 0.131. The number of benzene rings is 3. The molecule has 0 amide bonds. The van der Waals surface area contributed by atoms with E-state index in [1.807, 2.05) is 6.92 Å². The van der Waals surface area contributed by atoms with E-state index in [1.54, 1.807) is 67.8 Å². The third-order valence-corrected chi connectivity index (χ3v) is 5.37. The van der Waals surface area contributed by atoms with E-state index in [2.05, 4.69) is 9.93 Å². The number of hydrogen-bond donors (Lipinski definition) is 1. The zero-order valence-corrected chi connectivity index (χ0v) is 17.2. The Morgan fingerprint density at radius 2 is 1.50 bits per heavy atom. The Hall–Kier alpha value is -3.65. The average molecular weight is 424 g/mol. The van der Waals surface area contributed by atoms with Gasteiger partial charge in [0, 0.05) is 0 Å². The standard InChI is InChI=1S/C22H20N2O5S/c1-16-3-13-21(14-4-16)30(26,27)24-23-15-17-5-9-20(10-6-17)29-22(25)18-7-11-19(28-2)12-8-18/h3-15,24H,1-2H3/b23-15+. The van der Waals surface area contributed by atoms with Crippen molar-refractivity contribution in [1.29, 1.82) is 0 Å². The van der Waals surface area contributed by atoms with Gasteiger partial charge in [0.1, 0.15) is 11.5 Å². The van der Waals surface area contributed by atoms with Crippen molar-refractivity contribution < 1.29 is 22.7 Å². The lowest BCUT2D eigenvalue weighted by Crippen LogP contribution is -2.18. The van der Waals surface area contributed by atoms with E-state index in [4.69, 9.17) is 9.47 Å². The summed E-state index contributed by atoms with van der Waals surface area (Å²) in [5, 5.41) is 3.78. The van der Waals surface area contributed by atoms with Crippen molar-refractivity contribution in [2.45, 2.75) is 11.8 Å². The Bertz CT molecular complexity index is 1140. The largest absolute Gasteiger partial charge is 0.497 e. The van der Waals surface area contributed by atoms with E-state index in [0.717, 1.165) is 5.56 Å². The predicted octanol–water partition coefficient (Wildman–Crippen LogP) is 3.54. The molecule has 30 heavy (non-hydrogen) atoms. The van der Waals surface area contributed by atoms with Crippen molar-refractivity contribution in [1.82, 2.24) is 4.83 Å². The number of carbonyl (C=O) groups is 1. The topological polar surface area (TPSA) is 94.1 Å². The molecule has 0 atom stereocenters. The molecule has 3 aromatic rings. The van der Waals surface area contributed by atoms with Crippen LogP contribution in [0.5, 0.6) is 11.5 Å². The summed E-state index contributed by atoms with van der Waals surface area (Å²) in [5.74, 6) is 0.506. The molecule has 1 N–H and O–H groups in total. The summed E-state index contributed by atoms with van der Waals surface area (Å²) in [6, 6.07) is 19.5. The fourth-order valence-corrected chi connectivity index (χ4v) is 3.25. The van der Waals surface area contributed by atoms with Gasteiger partial charge >= 0.3 is 5.97 Å². The molecule has 0 spiro atoms. The number of nitrogens with zero attached hydrogens (tertiary/aromatic N) is 1. The zero-order valence-electron chi connectivity index (χ0n) is 16.4. The van der Waals surface area contributed by atoms with E-state index >= 15 is 0 Å². The first-order valence-corrected chi connectivity index (χ1v) is 10.4. The number of hydrazone groups is 1. The van der Waals surface area contributed by atoms with E-state index < -0.39 is 16.0 Å². The van der Waals surface area contributed by atoms with Crippen molar-refractivity contribution in [2.24, 2.45) is 5.10 Å². The smallest absolute Gasteiger partial charge is 0.343 e. The first-order valence-electron chi connectivity index (χ1n) is 8.95. The highest BCUT2D eigenvalue weighted by atomic mass is 32.2. The van der Waals surface area contributed by atoms with Crippen molar-refractivity contribution >= 4 is 22.2 Å². The molecule has 0 aliphatic heterocycles. The van der Waals surface area contributed by atoms with Crippen LogP contribution in [0.2, 0.25) is 0 Å². The molecule has 0 saturated carbocycles. The molecule has 0 aliphatic rings. The first-order chi connectivity index (χ1) is 14.4. The summed E-state index contributed by atoms with van der Waals surface area (Å²) in [5.41, 5.74) is 1.99. The summed E-state index contributed by atoms with van der Waals surface area (Å²) in [6.07, 6.45) is 1.36. The number of methoxy groups -OCH3 is 1. The molecule has 0 bridgehead atoms. The molecule has 0 unspecified atom stereocenters. The molecule has 154 valence electrons. The average Bonchev–Trinajstić information content (AvgIpc) is 2.75. The van der Waals surface area contributed by atoms with E-state index in [-0.39, 0.29) is 4.90 Å². The Labute approximate surface area is 175 Å². The maximum atomic E-state index is 12.2. The molecular weight excluding hydrogens is 404 g/mol. The quantitative estimate of drug-likeness (QED) is 0.271. The van der Waals surface area contributed by atoms with Gasteiger partial charge in [0.05, 0.1) is 23.8 Å². The van der Waals surface area contributed by atoms with Crippen molar-refractivity contribution in [3.8, 4) is 11.5 Å². The number of nitrogens with one attached hydrogen (secondary N) is 1. The third kappa shape index (κ3) is 5.45. The molecule has 3 rings (SSSR count). The minimum Gasteiger partial charge on any atom is -0.497 e. The Morgan fingerprint density at radius 3 is 2.10 bits per heavy atom. The van der Waals surface area contributed by atoms with Crippen LogP contribution >= 0.6 is 0 Å². The molecular formula is C22H20N2O5S. The van der Waals surface area contributed by atoms with Crippen LogP contribution in [0.25, 0.3) is 0 Å². The number of rotatable bonds is 7. The highest BCUT2D eigenvalue weighted by Crippen LogP contribution is 2.16. The van der Waals surface area contributed by atoms with Gasteiger partial charge in [-0.05, 0) is 73.2 Å². The van der Waals surface area contributed by atoms with Crippen LogP contribution in [0.3, 0.4) is 0 Å². The van der Waals surface area contributed by atoms with Gasteiger partial charge in [-0.3, -0.25) is 0 Å². The van der Waals surface area contributed by atoms with Gasteiger partial charge < -0.3 is 9.47 Å². The van der Waals surface area contributed by atoms with Gasteiger partial charge in [-0.25, -0.2) is 9.63 Å². The van der Waals surface area contributed by atoms with E-state index in [1.165, 1.54) is 18.3 Å². The van der Waals surface area contributed by atoms with Crippen molar-refractivity contribution in [3.63, 3.8) is 0 Å². The van der Waals surface area contributed by atoms with Gasteiger partial charge in [0.25, 0.3) is 10.0 Å². The summed E-state index contributed by atoms with van der Waals surface area (Å²) < 4.78 is 34.8. The first kappa shape index (κ1) is 21.1. The molecule has 0 aromatic heterocycles. The summed E-state index contributed by atoms with van der Waals surface area (Å²) >= 11 is 0. The number of esters is 1. The second kappa shape index (κ2) is 9.23.